The van der Waals surface area contributed by atoms with Gasteiger partial charge in [-0.2, -0.15) is 0 Å². The molecule has 1 atom stereocenters. The summed E-state index contributed by atoms with van der Waals surface area (Å²) in [5.41, 5.74) is 2.48. The maximum atomic E-state index is 8.99. The maximum Gasteiger partial charge on any atom is 0.126 e. The van der Waals surface area contributed by atoms with Gasteiger partial charge >= 0.3 is 0 Å². The van der Waals surface area contributed by atoms with Crippen LogP contribution in [0.25, 0.3) is 6.08 Å². The Bertz CT molecular complexity index is 458. The summed E-state index contributed by atoms with van der Waals surface area (Å²) in [5, 5.41) is 8.99. The second kappa shape index (κ2) is 13.1. The van der Waals surface area contributed by atoms with Crippen molar-refractivity contribution in [3.05, 3.63) is 35.4 Å². The molecule has 1 rings (SSSR count). The van der Waals surface area contributed by atoms with Crippen LogP contribution < -0.4 is 4.74 Å². The van der Waals surface area contributed by atoms with Crippen molar-refractivity contribution in [1.82, 2.24) is 0 Å². The number of unbranched alkanes of at least 4 members (excludes halogenated alkanes) is 1. The van der Waals surface area contributed by atoms with Crippen molar-refractivity contribution in [2.24, 2.45) is 11.8 Å². The van der Waals surface area contributed by atoms with Gasteiger partial charge in [0.25, 0.3) is 0 Å². The Kier molecular flexibility index (Phi) is 12.4. The van der Waals surface area contributed by atoms with E-state index in [0.717, 1.165) is 36.5 Å². The van der Waals surface area contributed by atoms with E-state index < -0.39 is 0 Å². The number of allylic oxidation sites excluding steroid dienone is 1. The summed E-state index contributed by atoms with van der Waals surface area (Å²) in [7, 11) is 1.71. The number of hydrogen-bond acceptors (Lipinski definition) is 2. The SMILES string of the molecule is CC(C)C.COc1ccc(C(C)C)cc1/C=C/CCC[C@H](C)CO. The fourth-order valence-electron chi connectivity index (χ4n) is 2.13. The molecule has 0 aliphatic carbocycles. The largest absolute Gasteiger partial charge is 0.496 e. The fourth-order valence-corrected chi connectivity index (χ4v) is 2.13. The predicted molar refractivity (Wildman–Crippen MR) is 107 cm³/mol. The first-order valence-electron chi connectivity index (χ1n) is 9.27. The Morgan fingerprint density at radius 2 is 1.71 bits per heavy atom. The summed E-state index contributed by atoms with van der Waals surface area (Å²) in [6.45, 7) is 13.3. The Balaban J connectivity index is 0.00000118. The van der Waals surface area contributed by atoms with Crippen LogP contribution in [0.15, 0.2) is 24.3 Å². The Hall–Kier alpha value is -1.28. The first-order valence-corrected chi connectivity index (χ1v) is 9.27. The van der Waals surface area contributed by atoms with E-state index in [1.165, 1.54) is 5.56 Å². The van der Waals surface area contributed by atoms with Crippen molar-refractivity contribution in [3.63, 3.8) is 0 Å². The first-order chi connectivity index (χ1) is 11.3. The van der Waals surface area contributed by atoms with Crippen LogP contribution in [0.1, 0.15) is 77.8 Å². The van der Waals surface area contributed by atoms with Crippen molar-refractivity contribution >= 4 is 6.08 Å². The van der Waals surface area contributed by atoms with E-state index in [9.17, 15) is 0 Å². The average Bonchev–Trinajstić information content (AvgIpc) is 2.53. The van der Waals surface area contributed by atoms with Crippen LogP contribution in [0.3, 0.4) is 0 Å². The number of hydrogen-bond donors (Lipinski definition) is 1. The summed E-state index contributed by atoms with van der Waals surface area (Å²) in [6.07, 6.45) is 7.58. The van der Waals surface area contributed by atoms with Gasteiger partial charge in [0, 0.05) is 12.2 Å². The smallest absolute Gasteiger partial charge is 0.126 e. The Labute approximate surface area is 149 Å². The molecule has 1 N–H and O–H groups in total. The van der Waals surface area contributed by atoms with Gasteiger partial charge in [-0.05, 0) is 54.7 Å². The molecule has 0 radical (unpaired) electrons. The molecule has 138 valence electrons. The number of rotatable bonds is 8. The molecule has 24 heavy (non-hydrogen) atoms. The second-order valence-corrected chi connectivity index (χ2v) is 7.51. The van der Waals surface area contributed by atoms with E-state index in [1.807, 2.05) is 6.07 Å². The highest BCUT2D eigenvalue weighted by atomic mass is 16.5. The quantitative estimate of drug-likeness (QED) is 0.566. The summed E-state index contributed by atoms with van der Waals surface area (Å²) < 4.78 is 5.41. The molecular formula is C22H38O2. The number of methoxy groups -OCH3 is 1. The molecule has 0 spiro atoms. The summed E-state index contributed by atoms with van der Waals surface area (Å²) in [4.78, 5) is 0. The number of benzene rings is 1. The molecule has 2 heteroatoms. The standard InChI is InChI=1S/C18H28O2.C4H10/c1-14(2)16-10-11-18(20-4)17(12-16)9-7-5-6-8-15(3)13-19;1-4(2)3/h7,9-12,14-15,19H,5-6,8,13H2,1-4H3;4H,1-3H3/b9-7+;/t15-;/m0./s1. The molecule has 2 nitrogen and oxygen atoms in total. The molecule has 1 aromatic rings. The number of aliphatic hydroxyl groups excluding tert-OH is 1. The predicted octanol–water partition coefficient (Wildman–Crippen LogP) is 6.29. The topological polar surface area (TPSA) is 29.5 Å². The van der Waals surface area contributed by atoms with Crippen molar-refractivity contribution in [3.8, 4) is 5.75 Å². The monoisotopic (exact) mass is 334 g/mol. The van der Waals surface area contributed by atoms with Gasteiger partial charge in [0.1, 0.15) is 5.75 Å². The highest BCUT2D eigenvalue weighted by molar-refractivity contribution is 5.58. The molecule has 0 aliphatic heterocycles. The van der Waals surface area contributed by atoms with Crippen molar-refractivity contribution < 1.29 is 9.84 Å². The molecule has 0 heterocycles. The molecule has 0 saturated heterocycles. The van der Waals surface area contributed by atoms with Gasteiger partial charge in [-0.25, -0.2) is 0 Å². The minimum Gasteiger partial charge on any atom is -0.496 e. The molecule has 1 aromatic carbocycles. The second-order valence-electron chi connectivity index (χ2n) is 7.51. The lowest BCUT2D eigenvalue weighted by Crippen LogP contribution is -1.99. The lowest BCUT2D eigenvalue weighted by atomic mass is 9.99. The van der Waals surface area contributed by atoms with E-state index in [0.29, 0.717) is 11.8 Å². The first kappa shape index (κ1) is 22.7. The zero-order chi connectivity index (χ0) is 18.5. The molecule has 0 aromatic heterocycles. The molecule has 0 bridgehead atoms. The third kappa shape index (κ3) is 10.5. The number of aliphatic hydroxyl groups is 1. The molecule has 0 saturated carbocycles. The van der Waals surface area contributed by atoms with Crippen molar-refractivity contribution in [2.75, 3.05) is 13.7 Å². The Morgan fingerprint density at radius 1 is 1.08 bits per heavy atom. The summed E-state index contributed by atoms with van der Waals surface area (Å²) in [5.74, 6) is 2.69. The minimum atomic E-state index is 0.286. The number of ether oxygens (including phenoxy) is 1. The van der Waals surface area contributed by atoms with E-state index in [2.05, 4.69) is 65.8 Å². The third-order valence-corrected chi connectivity index (χ3v) is 3.60. The van der Waals surface area contributed by atoms with Gasteiger partial charge in [0.2, 0.25) is 0 Å². The molecule has 0 aliphatic rings. The van der Waals surface area contributed by atoms with Gasteiger partial charge in [0.15, 0.2) is 0 Å². The van der Waals surface area contributed by atoms with Gasteiger partial charge < -0.3 is 9.84 Å². The van der Waals surface area contributed by atoms with Crippen LogP contribution in [0.4, 0.5) is 0 Å². The van der Waals surface area contributed by atoms with Crippen LogP contribution >= 0.6 is 0 Å². The third-order valence-electron chi connectivity index (χ3n) is 3.60. The van der Waals surface area contributed by atoms with Crippen molar-refractivity contribution in [1.29, 1.82) is 0 Å². The lowest BCUT2D eigenvalue weighted by molar-refractivity contribution is 0.228. The summed E-state index contributed by atoms with van der Waals surface area (Å²) in [6, 6.07) is 6.38. The summed E-state index contributed by atoms with van der Waals surface area (Å²) >= 11 is 0. The highest BCUT2D eigenvalue weighted by Gasteiger charge is 2.04. The molecule has 0 amide bonds. The van der Waals surface area contributed by atoms with Gasteiger partial charge in [-0.15, -0.1) is 0 Å². The van der Waals surface area contributed by atoms with E-state index in [1.54, 1.807) is 7.11 Å². The maximum absolute atomic E-state index is 8.99. The Morgan fingerprint density at radius 3 is 2.21 bits per heavy atom. The minimum absolute atomic E-state index is 0.286. The van der Waals surface area contributed by atoms with Gasteiger partial charge in [-0.3, -0.25) is 0 Å². The molecule has 0 unspecified atom stereocenters. The molecule has 0 fully saturated rings. The van der Waals surface area contributed by atoms with Crippen LogP contribution in [-0.2, 0) is 0 Å². The average molecular weight is 335 g/mol. The van der Waals surface area contributed by atoms with Gasteiger partial charge in [-0.1, -0.05) is 59.8 Å². The highest BCUT2D eigenvalue weighted by Crippen LogP contribution is 2.25. The fraction of sp³-hybridized carbons (Fsp3) is 0.636. The lowest BCUT2D eigenvalue weighted by Gasteiger charge is -2.10. The normalized spacial score (nSPS) is 12.4. The van der Waals surface area contributed by atoms with E-state index >= 15 is 0 Å². The van der Waals surface area contributed by atoms with Gasteiger partial charge in [0.05, 0.1) is 7.11 Å². The zero-order valence-corrected chi connectivity index (χ0v) is 16.8. The van der Waals surface area contributed by atoms with E-state index in [-0.39, 0.29) is 6.61 Å². The van der Waals surface area contributed by atoms with E-state index in [4.69, 9.17) is 9.84 Å². The van der Waals surface area contributed by atoms with Crippen LogP contribution in [0.5, 0.6) is 5.75 Å². The van der Waals surface area contributed by atoms with Crippen LogP contribution in [0, 0.1) is 11.8 Å². The molecular weight excluding hydrogens is 296 g/mol. The van der Waals surface area contributed by atoms with Crippen molar-refractivity contribution in [2.45, 2.75) is 66.7 Å². The van der Waals surface area contributed by atoms with Crippen LogP contribution in [-0.4, -0.2) is 18.8 Å². The zero-order valence-electron chi connectivity index (χ0n) is 16.8. The van der Waals surface area contributed by atoms with Crippen LogP contribution in [0.2, 0.25) is 0 Å².